The van der Waals surface area contributed by atoms with Crippen LogP contribution >= 0.6 is 0 Å². The Morgan fingerprint density at radius 3 is 2.17 bits per heavy atom. The summed E-state index contributed by atoms with van der Waals surface area (Å²) in [7, 11) is 0. The van der Waals surface area contributed by atoms with Crippen molar-refractivity contribution >= 4 is 5.97 Å². The van der Waals surface area contributed by atoms with Gasteiger partial charge in [0.2, 0.25) is 0 Å². The number of carbonyl (C=O) groups excluding carboxylic acids is 1. The van der Waals surface area contributed by atoms with Crippen LogP contribution in [0.15, 0.2) is 0 Å². The molecular formula is C15H28O3. The van der Waals surface area contributed by atoms with Gasteiger partial charge in [-0.1, -0.05) is 40.5 Å². The van der Waals surface area contributed by atoms with Crippen molar-refractivity contribution in [3.05, 3.63) is 0 Å². The van der Waals surface area contributed by atoms with Crippen molar-refractivity contribution in [2.24, 2.45) is 17.8 Å². The highest BCUT2D eigenvalue weighted by Gasteiger charge is 2.29. The Balaban J connectivity index is 2.49. The number of ether oxygens (including phenoxy) is 1. The summed E-state index contributed by atoms with van der Waals surface area (Å²) in [5, 5.41) is 9.93. The summed E-state index contributed by atoms with van der Waals surface area (Å²) in [4.78, 5) is 12.0. The Hall–Kier alpha value is -0.570. The van der Waals surface area contributed by atoms with Crippen molar-refractivity contribution in [1.29, 1.82) is 0 Å². The molecule has 3 heteroatoms. The summed E-state index contributed by atoms with van der Waals surface area (Å²) in [6, 6.07) is 0. The fraction of sp³-hybridized carbons (Fsp3) is 0.933. The molecule has 0 spiro atoms. The molecule has 1 aliphatic rings. The first-order valence-corrected chi connectivity index (χ1v) is 7.30. The molecule has 3 nitrogen and oxygen atoms in total. The second-order valence-corrected chi connectivity index (χ2v) is 6.25. The van der Waals surface area contributed by atoms with Gasteiger partial charge in [0.15, 0.2) is 0 Å². The SMILES string of the molecule is CC(C)[C@H](C[C@H](O)C(C)C)OC(=O)C1CCCC1. The molecule has 0 unspecified atom stereocenters. The molecule has 0 aromatic rings. The van der Waals surface area contributed by atoms with Gasteiger partial charge in [0.1, 0.15) is 6.10 Å². The third-order valence-electron chi connectivity index (χ3n) is 3.94. The fourth-order valence-electron chi connectivity index (χ4n) is 2.37. The maximum absolute atomic E-state index is 12.0. The number of hydrogen-bond donors (Lipinski definition) is 1. The zero-order valence-corrected chi connectivity index (χ0v) is 12.2. The zero-order valence-electron chi connectivity index (χ0n) is 12.2. The first-order chi connectivity index (χ1) is 8.41. The van der Waals surface area contributed by atoms with Gasteiger partial charge in [-0.15, -0.1) is 0 Å². The molecule has 1 fully saturated rings. The van der Waals surface area contributed by atoms with Gasteiger partial charge in [-0.05, 0) is 24.7 Å². The zero-order chi connectivity index (χ0) is 13.7. The molecule has 1 rings (SSSR count). The van der Waals surface area contributed by atoms with E-state index in [2.05, 4.69) is 0 Å². The largest absolute Gasteiger partial charge is 0.462 e. The molecule has 106 valence electrons. The lowest BCUT2D eigenvalue weighted by Crippen LogP contribution is -2.32. The summed E-state index contributed by atoms with van der Waals surface area (Å²) >= 11 is 0. The van der Waals surface area contributed by atoms with Crippen LogP contribution in [-0.4, -0.2) is 23.3 Å². The van der Waals surface area contributed by atoms with E-state index < -0.39 is 6.10 Å². The van der Waals surface area contributed by atoms with Crippen molar-refractivity contribution in [2.75, 3.05) is 0 Å². The van der Waals surface area contributed by atoms with Gasteiger partial charge in [0.05, 0.1) is 12.0 Å². The van der Waals surface area contributed by atoms with Crippen LogP contribution in [0.5, 0.6) is 0 Å². The third-order valence-corrected chi connectivity index (χ3v) is 3.94. The third kappa shape index (κ3) is 4.60. The topological polar surface area (TPSA) is 46.5 Å². The van der Waals surface area contributed by atoms with Crippen LogP contribution in [0.2, 0.25) is 0 Å². The van der Waals surface area contributed by atoms with Gasteiger partial charge in [0, 0.05) is 6.42 Å². The standard InChI is InChI=1S/C15H28O3/c1-10(2)13(16)9-14(11(3)4)18-15(17)12-7-5-6-8-12/h10-14,16H,5-9H2,1-4H3/t13-,14-/m0/s1. The van der Waals surface area contributed by atoms with Crippen LogP contribution in [0.1, 0.15) is 59.8 Å². The first kappa shape index (κ1) is 15.5. The van der Waals surface area contributed by atoms with E-state index in [0.717, 1.165) is 25.7 Å². The molecule has 0 bridgehead atoms. The minimum Gasteiger partial charge on any atom is -0.462 e. The van der Waals surface area contributed by atoms with E-state index in [9.17, 15) is 9.90 Å². The molecule has 0 amide bonds. The van der Waals surface area contributed by atoms with E-state index in [0.29, 0.717) is 6.42 Å². The number of aliphatic hydroxyl groups excluding tert-OH is 1. The van der Waals surface area contributed by atoms with Gasteiger partial charge in [-0.2, -0.15) is 0 Å². The summed E-state index contributed by atoms with van der Waals surface area (Å²) in [6.07, 6.45) is 4.21. The normalized spacial score (nSPS) is 20.4. The minimum absolute atomic E-state index is 0.0536. The maximum Gasteiger partial charge on any atom is 0.309 e. The van der Waals surface area contributed by atoms with Crippen molar-refractivity contribution in [3.8, 4) is 0 Å². The Kier molecular flexibility index (Phi) is 6.13. The molecule has 1 saturated carbocycles. The van der Waals surface area contributed by atoms with Crippen molar-refractivity contribution < 1.29 is 14.6 Å². The molecular weight excluding hydrogens is 228 g/mol. The van der Waals surface area contributed by atoms with Gasteiger partial charge >= 0.3 is 5.97 Å². The van der Waals surface area contributed by atoms with Gasteiger partial charge in [0.25, 0.3) is 0 Å². The summed E-state index contributed by atoms with van der Waals surface area (Å²) in [6.45, 7) is 8.06. The molecule has 18 heavy (non-hydrogen) atoms. The molecule has 1 aliphatic carbocycles. The predicted octanol–water partition coefficient (Wildman–Crippen LogP) is 3.15. The van der Waals surface area contributed by atoms with Crippen LogP contribution in [-0.2, 0) is 9.53 Å². The quantitative estimate of drug-likeness (QED) is 0.743. The van der Waals surface area contributed by atoms with Crippen LogP contribution in [0, 0.1) is 17.8 Å². The number of carbonyl (C=O) groups is 1. The van der Waals surface area contributed by atoms with Crippen LogP contribution < -0.4 is 0 Å². The molecule has 2 atom stereocenters. The highest BCUT2D eigenvalue weighted by atomic mass is 16.5. The highest BCUT2D eigenvalue weighted by molar-refractivity contribution is 5.72. The fourth-order valence-corrected chi connectivity index (χ4v) is 2.37. The van der Waals surface area contributed by atoms with Crippen LogP contribution in [0.4, 0.5) is 0 Å². The molecule has 0 saturated heterocycles. The summed E-state index contributed by atoms with van der Waals surface area (Å²) in [5.41, 5.74) is 0. The molecule has 0 heterocycles. The van der Waals surface area contributed by atoms with Gasteiger partial charge < -0.3 is 9.84 Å². The van der Waals surface area contributed by atoms with Crippen molar-refractivity contribution in [2.45, 2.75) is 72.0 Å². The van der Waals surface area contributed by atoms with Gasteiger partial charge in [-0.25, -0.2) is 0 Å². The van der Waals surface area contributed by atoms with E-state index in [-0.39, 0.29) is 29.8 Å². The second-order valence-electron chi connectivity index (χ2n) is 6.25. The number of esters is 1. The Bertz CT molecular complexity index is 254. The molecule has 0 aliphatic heterocycles. The van der Waals surface area contributed by atoms with Gasteiger partial charge in [-0.3, -0.25) is 4.79 Å². The second kappa shape index (κ2) is 7.13. The first-order valence-electron chi connectivity index (χ1n) is 7.30. The molecule has 0 aromatic heterocycles. The lowest BCUT2D eigenvalue weighted by atomic mass is 9.95. The Morgan fingerprint density at radius 2 is 1.72 bits per heavy atom. The predicted molar refractivity (Wildman–Crippen MR) is 72.1 cm³/mol. The van der Waals surface area contributed by atoms with E-state index >= 15 is 0 Å². The maximum atomic E-state index is 12.0. The van der Waals surface area contributed by atoms with E-state index in [1.54, 1.807) is 0 Å². The lowest BCUT2D eigenvalue weighted by Gasteiger charge is -2.26. The van der Waals surface area contributed by atoms with Crippen LogP contribution in [0.25, 0.3) is 0 Å². The van der Waals surface area contributed by atoms with Crippen LogP contribution in [0.3, 0.4) is 0 Å². The molecule has 1 N–H and O–H groups in total. The number of rotatable bonds is 6. The molecule has 0 aromatic carbocycles. The Labute approximate surface area is 111 Å². The number of hydrogen-bond acceptors (Lipinski definition) is 3. The van der Waals surface area contributed by atoms with E-state index in [1.807, 2.05) is 27.7 Å². The minimum atomic E-state index is -0.395. The van der Waals surface area contributed by atoms with Crippen molar-refractivity contribution in [3.63, 3.8) is 0 Å². The summed E-state index contributed by atoms with van der Waals surface area (Å²) in [5.74, 6) is 0.504. The highest BCUT2D eigenvalue weighted by Crippen LogP contribution is 2.27. The van der Waals surface area contributed by atoms with E-state index in [1.165, 1.54) is 0 Å². The Morgan fingerprint density at radius 1 is 1.17 bits per heavy atom. The average Bonchev–Trinajstić information content (AvgIpc) is 2.80. The summed E-state index contributed by atoms with van der Waals surface area (Å²) < 4.78 is 5.62. The van der Waals surface area contributed by atoms with E-state index in [4.69, 9.17) is 4.74 Å². The monoisotopic (exact) mass is 256 g/mol. The smallest absolute Gasteiger partial charge is 0.309 e. The number of aliphatic hydroxyl groups is 1. The van der Waals surface area contributed by atoms with Crippen molar-refractivity contribution in [1.82, 2.24) is 0 Å². The average molecular weight is 256 g/mol. The molecule has 0 radical (unpaired) electrons. The lowest BCUT2D eigenvalue weighted by molar-refractivity contribution is -0.158.